The summed E-state index contributed by atoms with van der Waals surface area (Å²) in [4.78, 5) is 12.6. The average Bonchev–Trinajstić information content (AvgIpc) is 2.59. The van der Waals surface area contributed by atoms with E-state index in [-0.39, 0.29) is 21.6 Å². The lowest BCUT2D eigenvalue weighted by Crippen LogP contribution is -2.34. The predicted molar refractivity (Wildman–Crippen MR) is 111 cm³/mol. The van der Waals surface area contributed by atoms with E-state index in [1.807, 2.05) is 6.07 Å². The minimum Gasteiger partial charge on any atom is -0.504 e. The number of rotatable bonds is 2. The molecule has 8 heteroatoms. The first-order chi connectivity index (χ1) is 12.4. The normalized spacial score (nSPS) is 10.6. The van der Waals surface area contributed by atoms with Gasteiger partial charge in [0.15, 0.2) is 10.9 Å². The summed E-state index contributed by atoms with van der Waals surface area (Å²) in [6, 6.07) is 13.4. The van der Waals surface area contributed by atoms with Crippen LogP contribution in [0.15, 0.2) is 48.5 Å². The molecule has 3 rings (SSSR count). The number of carbonyl (C=O) groups is 1. The van der Waals surface area contributed by atoms with Gasteiger partial charge in [-0.1, -0.05) is 59.1 Å². The van der Waals surface area contributed by atoms with E-state index in [2.05, 4.69) is 10.6 Å². The van der Waals surface area contributed by atoms with E-state index in [1.54, 1.807) is 30.3 Å². The van der Waals surface area contributed by atoms with Crippen LogP contribution in [0.3, 0.4) is 0 Å². The largest absolute Gasteiger partial charge is 0.504 e. The molecule has 0 spiro atoms. The Kier molecular flexibility index (Phi) is 5.53. The Morgan fingerprint density at radius 1 is 0.962 bits per heavy atom. The van der Waals surface area contributed by atoms with Crippen molar-refractivity contribution in [1.29, 1.82) is 0 Å². The summed E-state index contributed by atoms with van der Waals surface area (Å²) in [5.41, 5.74) is 0.608. The lowest BCUT2D eigenvalue weighted by Gasteiger charge is -2.13. The number of phenols is 1. The topological polar surface area (TPSA) is 61.4 Å². The zero-order chi connectivity index (χ0) is 18.8. The average molecular weight is 426 g/mol. The molecule has 0 aliphatic heterocycles. The highest BCUT2D eigenvalue weighted by atomic mass is 35.5. The van der Waals surface area contributed by atoms with E-state index in [0.29, 0.717) is 21.0 Å². The number of nitrogens with one attached hydrogen (secondary N) is 2. The molecule has 3 aromatic rings. The van der Waals surface area contributed by atoms with Crippen molar-refractivity contribution in [2.45, 2.75) is 0 Å². The highest BCUT2D eigenvalue weighted by Crippen LogP contribution is 2.35. The van der Waals surface area contributed by atoms with Crippen LogP contribution in [0.25, 0.3) is 10.8 Å². The minimum absolute atomic E-state index is 0.0114. The van der Waals surface area contributed by atoms with E-state index < -0.39 is 5.91 Å². The third-order valence-corrected chi connectivity index (χ3v) is 4.66. The molecule has 132 valence electrons. The Morgan fingerprint density at radius 3 is 2.42 bits per heavy atom. The van der Waals surface area contributed by atoms with Gasteiger partial charge in [0.2, 0.25) is 0 Å². The Balaban J connectivity index is 1.83. The molecule has 0 aliphatic carbocycles. The fraction of sp³-hybridized carbons (Fsp3) is 0. The second kappa shape index (κ2) is 7.68. The molecule has 0 fully saturated rings. The number of fused-ring (bicyclic) bond motifs is 1. The molecular weight excluding hydrogens is 415 g/mol. The molecule has 0 heterocycles. The maximum Gasteiger partial charge on any atom is 0.258 e. The Bertz CT molecular complexity index is 1040. The first kappa shape index (κ1) is 18.7. The number of hydrogen-bond acceptors (Lipinski definition) is 3. The summed E-state index contributed by atoms with van der Waals surface area (Å²) >= 11 is 23.1. The van der Waals surface area contributed by atoms with Crippen LogP contribution in [-0.2, 0) is 0 Å². The second-order valence-corrected chi connectivity index (χ2v) is 6.99. The van der Waals surface area contributed by atoms with Crippen molar-refractivity contribution in [2.24, 2.45) is 0 Å². The van der Waals surface area contributed by atoms with Crippen LogP contribution in [0.4, 0.5) is 5.69 Å². The molecule has 4 nitrogen and oxygen atoms in total. The van der Waals surface area contributed by atoms with E-state index in [0.717, 1.165) is 5.39 Å². The van der Waals surface area contributed by atoms with Crippen LogP contribution in [0.5, 0.6) is 5.75 Å². The van der Waals surface area contributed by atoms with Gasteiger partial charge in [0, 0.05) is 21.0 Å². The van der Waals surface area contributed by atoms with Gasteiger partial charge in [-0.3, -0.25) is 10.1 Å². The zero-order valence-corrected chi connectivity index (χ0v) is 16.1. The van der Waals surface area contributed by atoms with Gasteiger partial charge in [-0.15, -0.1) is 0 Å². The van der Waals surface area contributed by atoms with Gasteiger partial charge in [-0.2, -0.15) is 0 Å². The standard InChI is InChI=1S/C18H11Cl3N2O2S/c19-9-7-14(21)16(24)15(8-9)22-18(26)23-17(25)12-5-1-4-11-10(12)3-2-6-13(11)20/h1-8,24H,(H2,22,23,25,26). The molecule has 3 N–H and O–H groups in total. The summed E-state index contributed by atoms with van der Waals surface area (Å²) in [5.74, 6) is -0.632. The quantitative estimate of drug-likeness (QED) is 0.368. The molecule has 0 atom stereocenters. The summed E-state index contributed by atoms with van der Waals surface area (Å²) in [6.45, 7) is 0. The molecule has 0 radical (unpaired) electrons. The molecule has 0 bridgehead atoms. The number of amides is 1. The van der Waals surface area contributed by atoms with E-state index in [9.17, 15) is 9.90 Å². The van der Waals surface area contributed by atoms with Crippen molar-refractivity contribution < 1.29 is 9.90 Å². The van der Waals surface area contributed by atoms with Gasteiger partial charge >= 0.3 is 0 Å². The van der Waals surface area contributed by atoms with Crippen molar-refractivity contribution in [2.75, 3.05) is 5.32 Å². The maximum absolute atomic E-state index is 12.6. The molecule has 3 aromatic carbocycles. The lowest BCUT2D eigenvalue weighted by molar-refractivity contribution is 0.0979. The van der Waals surface area contributed by atoms with E-state index in [4.69, 9.17) is 47.0 Å². The van der Waals surface area contributed by atoms with Crippen molar-refractivity contribution in [3.8, 4) is 5.75 Å². The second-order valence-electron chi connectivity index (χ2n) is 5.33. The maximum atomic E-state index is 12.6. The van der Waals surface area contributed by atoms with Crippen molar-refractivity contribution in [3.63, 3.8) is 0 Å². The van der Waals surface area contributed by atoms with E-state index >= 15 is 0 Å². The molecule has 0 aliphatic rings. The third-order valence-electron chi connectivity index (χ3n) is 3.62. The number of phenolic OH excluding ortho intramolecular Hbond substituents is 1. The summed E-state index contributed by atoms with van der Waals surface area (Å²) in [5, 5.41) is 17.6. The van der Waals surface area contributed by atoms with E-state index in [1.165, 1.54) is 12.1 Å². The number of anilines is 1. The smallest absolute Gasteiger partial charge is 0.258 e. The molecular formula is C18H11Cl3N2O2S. The highest BCUT2D eigenvalue weighted by Gasteiger charge is 2.14. The van der Waals surface area contributed by atoms with Gasteiger partial charge in [-0.25, -0.2) is 0 Å². The van der Waals surface area contributed by atoms with Crippen molar-refractivity contribution >= 4 is 74.5 Å². The Hall–Kier alpha value is -2.05. The molecule has 0 unspecified atom stereocenters. The van der Waals surface area contributed by atoms with Crippen molar-refractivity contribution in [1.82, 2.24) is 5.32 Å². The monoisotopic (exact) mass is 424 g/mol. The Morgan fingerprint density at radius 2 is 1.65 bits per heavy atom. The minimum atomic E-state index is -0.414. The first-order valence-electron chi connectivity index (χ1n) is 7.34. The van der Waals surface area contributed by atoms with Gasteiger partial charge in [0.1, 0.15) is 0 Å². The van der Waals surface area contributed by atoms with Crippen LogP contribution in [0, 0.1) is 0 Å². The van der Waals surface area contributed by atoms with Crippen molar-refractivity contribution in [3.05, 3.63) is 69.2 Å². The van der Waals surface area contributed by atoms with Gasteiger partial charge in [0.05, 0.1) is 10.7 Å². The van der Waals surface area contributed by atoms with Gasteiger partial charge in [0.25, 0.3) is 5.91 Å². The van der Waals surface area contributed by atoms with Crippen LogP contribution in [0.2, 0.25) is 15.1 Å². The molecule has 0 saturated carbocycles. The molecule has 0 saturated heterocycles. The summed E-state index contributed by atoms with van der Waals surface area (Å²) < 4.78 is 0. The third kappa shape index (κ3) is 3.86. The fourth-order valence-corrected chi connectivity index (χ4v) is 3.39. The summed E-state index contributed by atoms with van der Waals surface area (Å²) in [6.07, 6.45) is 0. The predicted octanol–water partition coefficient (Wildman–Crippen LogP) is 5.63. The van der Waals surface area contributed by atoms with Crippen LogP contribution < -0.4 is 10.6 Å². The molecule has 26 heavy (non-hydrogen) atoms. The number of thiocarbonyl (C=S) groups is 1. The number of benzene rings is 3. The van der Waals surface area contributed by atoms with Gasteiger partial charge in [-0.05, 0) is 41.9 Å². The zero-order valence-electron chi connectivity index (χ0n) is 13.0. The Labute approximate surface area is 169 Å². The summed E-state index contributed by atoms with van der Waals surface area (Å²) in [7, 11) is 0. The van der Waals surface area contributed by atoms with Crippen LogP contribution >= 0.6 is 47.0 Å². The van der Waals surface area contributed by atoms with Crippen LogP contribution in [0.1, 0.15) is 10.4 Å². The number of carbonyl (C=O) groups excluding carboxylic acids is 1. The first-order valence-corrected chi connectivity index (χ1v) is 8.88. The fourth-order valence-electron chi connectivity index (χ4n) is 2.45. The molecule has 1 amide bonds. The lowest BCUT2D eigenvalue weighted by atomic mass is 10.0. The highest BCUT2D eigenvalue weighted by molar-refractivity contribution is 7.80. The van der Waals surface area contributed by atoms with Gasteiger partial charge < -0.3 is 10.4 Å². The number of aromatic hydroxyl groups is 1. The molecule has 0 aromatic heterocycles. The number of halogens is 3. The number of hydrogen-bond donors (Lipinski definition) is 3. The SMILES string of the molecule is O=C(NC(=S)Nc1cc(Cl)cc(Cl)c1O)c1cccc2c(Cl)cccc12. The van der Waals surface area contributed by atoms with Crippen LogP contribution in [-0.4, -0.2) is 16.1 Å².